The number of halogens is 3. The molecular weight excluding hydrogens is 517 g/mol. The number of hydrogen-bond acceptors (Lipinski definition) is 5. The molecule has 1 N–H and O–H groups in total. The molecule has 0 radical (unpaired) electrons. The molecule has 0 unspecified atom stereocenters. The molecule has 2 aromatic carbocycles. The van der Waals surface area contributed by atoms with Crippen molar-refractivity contribution >= 4 is 22.8 Å². The van der Waals surface area contributed by atoms with Gasteiger partial charge in [0.2, 0.25) is 5.95 Å². The standard InChI is InChI=1S/C31H31F3N4O2/c1-19-17-21(32)12-13-23(19)28-24-14-15-27(40)38(29-25(33)10-5-11-26(29)34)30(24)37-31(36-28)35-16-6-9-22(39)18-20-7-3-2-4-8-20/h5,10-15,17,20H,2-4,6-9,16,18H2,1H3,(H,35,36,37). The molecular formula is C31H31F3N4O2. The lowest BCUT2D eigenvalue weighted by atomic mass is 9.85. The number of carbonyl (C=O) groups is 1. The number of pyridine rings is 1. The molecule has 9 heteroatoms. The van der Waals surface area contributed by atoms with Crippen LogP contribution in [0.2, 0.25) is 0 Å². The Balaban J connectivity index is 1.50. The van der Waals surface area contributed by atoms with Crippen LogP contribution >= 0.6 is 0 Å². The largest absolute Gasteiger partial charge is 0.354 e. The summed E-state index contributed by atoms with van der Waals surface area (Å²) < 4.78 is 44.5. The smallest absolute Gasteiger partial charge is 0.256 e. The molecule has 0 spiro atoms. The van der Waals surface area contributed by atoms with Crippen molar-refractivity contribution in [2.45, 2.75) is 58.3 Å². The van der Waals surface area contributed by atoms with Gasteiger partial charge in [0.25, 0.3) is 5.56 Å². The zero-order chi connectivity index (χ0) is 28.2. The Kier molecular flexibility index (Phi) is 8.28. The van der Waals surface area contributed by atoms with E-state index in [0.29, 0.717) is 53.9 Å². The molecule has 40 heavy (non-hydrogen) atoms. The number of aromatic nitrogens is 3. The maximum absolute atomic E-state index is 14.8. The molecule has 0 aliphatic heterocycles. The minimum atomic E-state index is -0.918. The second-order valence-electron chi connectivity index (χ2n) is 10.4. The lowest BCUT2D eigenvalue weighted by Gasteiger charge is -2.20. The molecule has 2 aromatic heterocycles. The number of fused-ring (bicyclic) bond motifs is 1. The number of Topliss-reactive ketones (excluding diaryl/α,β-unsaturated/α-hetero) is 1. The van der Waals surface area contributed by atoms with Crippen molar-refractivity contribution in [2.24, 2.45) is 5.92 Å². The summed E-state index contributed by atoms with van der Waals surface area (Å²) in [5, 5.41) is 3.48. The first-order chi connectivity index (χ1) is 19.3. The Morgan fingerprint density at radius 2 is 1.75 bits per heavy atom. The van der Waals surface area contributed by atoms with Gasteiger partial charge in [-0.3, -0.25) is 14.2 Å². The van der Waals surface area contributed by atoms with Gasteiger partial charge in [-0.25, -0.2) is 18.2 Å². The predicted molar refractivity (Wildman–Crippen MR) is 149 cm³/mol. The van der Waals surface area contributed by atoms with Gasteiger partial charge in [-0.1, -0.05) is 38.2 Å². The van der Waals surface area contributed by atoms with Crippen LogP contribution in [0, 0.1) is 30.3 Å². The topological polar surface area (TPSA) is 76.9 Å². The first kappa shape index (κ1) is 27.6. The highest BCUT2D eigenvalue weighted by Gasteiger charge is 2.21. The van der Waals surface area contributed by atoms with E-state index in [4.69, 9.17) is 0 Å². The highest BCUT2D eigenvalue weighted by atomic mass is 19.1. The maximum Gasteiger partial charge on any atom is 0.256 e. The Hall–Kier alpha value is -4.01. The average Bonchev–Trinajstić information content (AvgIpc) is 2.92. The number of hydrogen-bond donors (Lipinski definition) is 1. The van der Waals surface area contributed by atoms with Gasteiger partial charge >= 0.3 is 0 Å². The van der Waals surface area contributed by atoms with Crippen LogP contribution in [0.15, 0.2) is 53.3 Å². The first-order valence-electron chi connectivity index (χ1n) is 13.7. The molecule has 4 aromatic rings. The van der Waals surface area contributed by atoms with Gasteiger partial charge in [-0.2, -0.15) is 4.98 Å². The van der Waals surface area contributed by atoms with Crippen LogP contribution < -0.4 is 10.9 Å². The molecule has 0 bridgehead atoms. The van der Waals surface area contributed by atoms with Crippen LogP contribution in [0.5, 0.6) is 0 Å². The highest BCUT2D eigenvalue weighted by molar-refractivity contribution is 5.93. The van der Waals surface area contributed by atoms with E-state index in [1.807, 2.05) is 0 Å². The van der Waals surface area contributed by atoms with Crippen molar-refractivity contribution < 1.29 is 18.0 Å². The van der Waals surface area contributed by atoms with E-state index in [2.05, 4.69) is 15.3 Å². The van der Waals surface area contributed by atoms with Crippen molar-refractivity contribution in [1.82, 2.24) is 14.5 Å². The average molecular weight is 549 g/mol. The molecule has 6 nitrogen and oxygen atoms in total. The number of benzene rings is 2. The Morgan fingerprint density at radius 1 is 1.00 bits per heavy atom. The number of anilines is 1. The van der Waals surface area contributed by atoms with E-state index in [1.165, 1.54) is 49.6 Å². The maximum atomic E-state index is 14.8. The number of nitrogens with one attached hydrogen (secondary N) is 1. The molecule has 1 saturated carbocycles. The monoisotopic (exact) mass is 548 g/mol. The van der Waals surface area contributed by atoms with Gasteiger partial charge in [0.1, 0.15) is 28.9 Å². The predicted octanol–water partition coefficient (Wildman–Crippen LogP) is 6.91. The van der Waals surface area contributed by atoms with Crippen LogP contribution in [0.3, 0.4) is 0 Å². The van der Waals surface area contributed by atoms with Crippen LogP contribution in [-0.4, -0.2) is 26.9 Å². The summed E-state index contributed by atoms with van der Waals surface area (Å²) in [6.07, 6.45) is 7.45. The molecule has 2 heterocycles. The van der Waals surface area contributed by atoms with E-state index in [0.717, 1.165) is 29.5 Å². The Bertz CT molecular complexity index is 1590. The highest BCUT2D eigenvalue weighted by Crippen LogP contribution is 2.31. The normalized spacial score (nSPS) is 14.0. The van der Waals surface area contributed by atoms with Gasteiger partial charge in [0, 0.05) is 36.4 Å². The summed E-state index contributed by atoms with van der Waals surface area (Å²) in [4.78, 5) is 34.6. The van der Waals surface area contributed by atoms with Crippen molar-refractivity contribution in [3.8, 4) is 16.9 Å². The summed E-state index contributed by atoms with van der Waals surface area (Å²) in [7, 11) is 0. The van der Waals surface area contributed by atoms with E-state index < -0.39 is 28.7 Å². The van der Waals surface area contributed by atoms with E-state index in [1.54, 1.807) is 13.0 Å². The van der Waals surface area contributed by atoms with E-state index in [-0.39, 0.29) is 17.4 Å². The third kappa shape index (κ3) is 5.93. The first-order valence-corrected chi connectivity index (χ1v) is 13.7. The fourth-order valence-electron chi connectivity index (χ4n) is 5.51. The van der Waals surface area contributed by atoms with Crippen LogP contribution in [0.4, 0.5) is 19.1 Å². The van der Waals surface area contributed by atoms with Crippen molar-refractivity contribution in [3.05, 3.63) is 81.9 Å². The summed E-state index contributed by atoms with van der Waals surface area (Å²) in [5.74, 6) is -1.41. The van der Waals surface area contributed by atoms with Crippen molar-refractivity contribution in [1.29, 1.82) is 0 Å². The zero-order valence-corrected chi connectivity index (χ0v) is 22.4. The quantitative estimate of drug-likeness (QED) is 0.230. The summed E-state index contributed by atoms with van der Waals surface area (Å²) in [6.45, 7) is 2.11. The molecule has 0 amide bonds. The van der Waals surface area contributed by atoms with Gasteiger partial charge in [0.05, 0.1) is 5.69 Å². The molecule has 1 aliphatic rings. The second-order valence-corrected chi connectivity index (χ2v) is 10.4. The van der Waals surface area contributed by atoms with Gasteiger partial charge < -0.3 is 5.32 Å². The fraction of sp³-hybridized carbons (Fsp3) is 0.355. The van der Waals surface area contributed by atoms with E-state index >= 15 is 0 Å². The number of para-hydroxylation sites is 1. The third-order valence-corrected chi connectivity index (χ3v) is 7.51. The van der Waals surface area contributed by atoms with Crippen molar-refractivity contribution in [3.63, 3.8) is 0 Å². The van der Waals surface area contributed by atoms with E-state index in [9.17, 15) is 22.8 Å². The molecule has 0 saturated heterocycles. The second kappa shape index (κ2) is 12.0. The summed E-state index contributed by atoms with van der Waals surface area (Å²) >= 11 is 0. The summed E-state index contributed by atoms with van der Waals surface area (Å²) in [6, 6.07) is 10.3. The SMILES string of the molecule is Cc1cc(F)ccc1-c1nc(NCCCC(=O)CC2CCCCC2)nc2c1ccc(=O)n2-c1c(F)cccc1F. The minimum absolute atomic E-state index is 0.00102. The minimum Gasteiger partial charge on any atom is -0.354 e. The van der Waals surface area contributed by atoms with Gasteiger partial charge in [0.15, 0.2) is 5.65 Å². The lowest BCUT2D eigenvalue weighted by Crippen LogP contribution is -2.21. The third-order valence-electron chi connectivity index (χ3n) is 7.51. The van der Waals surface area contributed by atoms with Crippen LogP contribution in [0.1, 0.15) is 56.9 Å². The van der Waals surface area contributed by atoms with Crippen molar-refractivity contribution in [2.75, 3.05) is 11.9 Å². The van der Waals surface area contributed by atoms with Crippen LogP contribution in [-0.2, 0) is 4.79 Å². The van der Waals surface area contributed by atoms with Gasteiger partial charge in [-0.05, 0) is 61.2 Å². The zero-order valence-electron chi connectivity index (χ0n) is 22.4. The molecule has 208 valence electrons. The van der Waals surface area contributed by atoms with Gasteiger partial charge in [-0.15, -0.1) is 0 Å². The number of carbonyl (C=O) groups excluding carboxylic acids is 1. The summed E-state index contributed by atoms with van der Waals surface area (Å²) in [5.41, 5.74) is 0.340. The van der Waals surface area contributed by atoms with Crippen LogP contribution in [0.25, 0.3) is 28.0 Å². The number of rotatable bonds is 9. The Morgan fingerprint density at radius 3 is 2.48 bits per heavy atom. The molecule has 0 atom stereocenters. The molecule has 5 rings (SSSR count). The number of nitrogens with zero attached hydrogens (tertiary/aromatic N) is 3. The molecule has 1 fully saturated rings. The lowest BCUT2D eigenvalue weighted by molar-refractivity contribution is -0.120. The fourth-order valence-corrected chi connectivity index (χ4v) is 5.51. The Labute approximate surface area is 230 Å². The molecule has 1 aliphatic carbocycles. The number of aryl methyl sites for hydroxylation is 1. The number of ketones is 1.